The molecule has 1 N–H and O–H groups in total. The molecular formula is C25H17ClN2O4S. The number of methoxy groups -OCH3 is 1. The fourth-order valence-corrected chi connectivity index (χ4v) is 5.12. The predicted octanol–water partition coefficient (Wildman–Crippen LogP) is 5.58. The molecule has 5 rings (SSSR count). The fraction of sp³-hybridized carbons (Fsp3) is 0.0800. The molecule has 0 aliphatic carbocycles. The zero-order valence-corrected chi connectivity index (χ0v) is 18.9. The minimum absolute atomic E-state index is 0.00898. The largest absolute Gasteiger partial charge is 0.507 e. The number of nitrogens with zero attached hydrogens (tertiary/aromatic N) is 2. The number of hydrogen-bond acceptors (Lipinski definition) is 6. The summed E-state index contributed by atoms with van der Waals surface area (Å²) in [6.07, 6.45) is 0. The van der Waals surface area contributed by atoms with E-state index in [4.69, 9.17) is 16.3 Å². The average molecular weight is 477 g/mol. The maximum Gasteiger partial charge on any atom is 0.301 e. The summed E-state index contributed by atoms with van der Waals surface area (Å²) in [7, 11) is 1.57. The Morgan fingerprint density at radius 3 is 2.58 bits per heavy atom. The lowest BCUT2D eigenvalue weighted by atomic mass is 9.95. The van der Waals surface area contributed by atoms with Gasteiger partial charge in [0.25, 0.3) is 5.78 Å². The van der Waals surface area contributed by atoms with Crippen molar-refractivity contribution in [3.63, 3.8) is 0 Å². The number of hydrogen-bond donors (Lipinski definition) is 1. The second-order valence-electron chi connectivity index (χ2n) is 7.42. The summed E-state index contributed by atoms with van der Waals surface area (Å²) in [6, 6.07) is 20.1. The minimum Gasteiger partial charge on any atom is -0.507 e. The summed E-state index contributed by atoms with van der Waals surface area (Å²) in [4.78, 5) is 32.4. The lowest BCUT2D eigenvalue weighted by Gasteiger charge is -2.23. The van der Waals surface area contributed by atoms with Crippen molar-refractivity contribution in [2.45, 2.75) is 6.04 Å². The van der Waals surface area contributed by atoms with Gasteiger partial charge in [-0.05, 0) is 35.9 Å². The van der Waals surface area contributed by atoms with Gasteiger partial charge in [0.1, 0.15) is 11.5 Å². The third-order valence-electron chi connectivity index (χ3n) is 5.45. The fourth-order valence-electron chi connectivity index (χ4n) is 3.90. The van der Waals surface area contributed by atoms with Crippen LogP contribution in [0.4, 0.5) is 5.13 Å². The van der Waals surface area contributed by atoms with Crippen molar-refractivity contribution >= 4 is 55.7 Å². The number of carbonyl (C=O) groups excluding carboxylic acids is 2. The molecule has 4 aromatic rings. The molecule has 1 saturated heterocycles. The Kier molecular flexibility index (Phi) is 5.36. The predicted molar refractivity (Wildman–Crippen MR) is 129 cm³/mol. The van der Waals surface area contributed by atoms with Gasteiger partial charge in [-0.15, -0.1) is 0 Å². The zero-order chi connectivity index (χ0) is 23.1. The maximum absolute atomic E-state index is 13.3. The number of benzene rings is 3. The van der Waals surface area contributed by atoms with E-state index in [-0.39, 0.29) is 11.3 Å². The van der Waals surface area contributed by atoms with Gasteiger partial charge in [0.2, 0.25) is 0 Å². The van der Waals surface area contributed by atoms with Crippen LogP contribution in [0, 0.1) is 0 Å². The molecule has 33 heavy (non-hydrogen) atoms. The highest BCUT2D eigenvalue weighted by Crippen LogP contribution is 2.44. The number of halogens is 1. The average Bonchev–Trinajstić information content (AvgIpc) is 3.37. The van der Waals surface area contributed by atoms with Gasteiger partial charge < -0.3 is 9.84 Å². The van der Waals surface area contributed by atoms with Gasteiger partial charge in [-0.1, -0.05) is 65.4 Å². The standard InChI is InChI=1S/C25H17ClN2O4S/c1-32-17-10-11-18-19(13-17)33-25(27-18)28-21(15-8-5-9-16(26)12-15)20(23(30)24(28)31)22(29)14-6-3-2-4-7-14/h2-13,21,29H,1H3/t21-/m0/s1. The third kappa shape index (κ3) is 3.65. The molecule has 1 aromatic heterocycles. The number of amides is 1. The zero-order valence-electron chi connectivity index (χ0n) is 17.4. The Morgan fingerprint density at radius 1 is 1.06 bits per heavy atom. The number of carbonyl (C=O) groups is 2. The summed E-state index contributed by atoms with van der Waals surface area (Å²) >= 11 is 7.50. The second-order valence-corrected chi connectivity index (χ2v) is 8.87. The highest BCUT2D eigenvalue weighted by molar-refractivity contribution is 7.22. The molecule has 2 heterocycles. The van der Waals surface area contributed by atoms with Gasteiger partial charge in [-0.3, -0.25) is 14.5 Å². The smallest absolute Gasteiger partial charge is 0.301 e. The van der Waals surface area contributed by atoms with Crippen molar-refractivity contribution in [1.29, 1.82) is 0 Å². The molecule has 1 aliphatic rings. The number of aliphatic hydroxyl groups is 1. The lowest BCUT2D eigenvalue weighted by Crippen LogP contribution is -2.29. The van der Waals surface area contributed by atoms with Crippen LogP contribution >= 0.6 is 22.9 Å². The molecule has 164 valence electrons. The van der Waals surface area contributed by atoms with Gasteiger partial charge in [-0.25, -0.2) is 4.98 Å². The van der Waals surface area contributed by atoms with Crippen molar-refractivity contribution < 1.29 is 19.4 Å². The number of ketones is 1. The third-order valence-corrected chi connectivity index (χ3v) is 6.70. The van der Waals surface area contributed by atoms with Gasteiger partial charge >= 0.3 is 5.91 Å². The normalized spacial score (nSPS) is 17.6. The van der Waals surface area contributed by atoms with Crippen molar-refractivity contribution in [2.75, 3.05) is 12.0 Å². The van der Waals surface area contributed by atoms with E-state index in [2.05, 4.69) is 4.98 Å². The summed E-state index contributed by atoms with van der Waals surface area (Å²) in [5, 5.41) is 11.9. The Bertz CT molecular complexity index is 1430. The maximum atomic E-state index is 13.3. The first kappa shape index (κ1) is 21.2. The molecular weight excluding hydrogens is 460 g/mol. The molecule has 0 saturated carbocycles. The van der Waals surface area contributed by atoms with Crippen LogP contribution in [0.25, 0.3) is 16.0 Å². The van der Waals surface area contributed by atoms with E-state index >= 15 is 0 Å². The Labute approximate surface area is 198 Å². The number of ether oxygens (including phenoxy) is 1. The van der Waals surface area contributed by atoms with E-state index < -0.39 is 17.7 Å². The summed E-state index contributed by atoms with van der Waals surface area (Å²) < 4.78 is 6.09. The van der Waals surface area contributed by atoms with Crippen LogP contribution in [-0.2, 0) is 9.59 Å². The van der Waals surface area contributed by atoms with Crippen molar-refractivity contribution in [3.05, 3.63) is 94.5 Å². The molecule has 1 fully saturated rings. The van der Waals surface area contributed by atoms with Crippen molar-refractivity contribution in [3.8, 4) is 5.75 Å². The van der Waals surface area contributed by atoms with E-state index in [9.17, 15) is 14.7 Å². The van der Waals surface area contributed by atoms with E-state index in [1.54, 1.807) is 73.8 Å². The quantitative estimate of drug-likeness (QED) is 0.236. The van der Waals surface area contributed by atoms with Crippen LogP contribution in [0.2, 0.25) is 5.02 Å². The van der Waals surface area contributed by atoms with Crippen LogP contribution in [0.15, 0.2) is 78.4 Å². The topological polar surface area (TPSA) is 79.7 Å². The number of aliphatic hydroxyl groups excluding tert-OH is 1. The molecule has 0 bridgehead atoms. The Hall–Kier alpha value is -3.68. The summed E-state index contributed by atoms with van der Waals surface area (Å²) in [5.74, 6) is -1.12. The van der Waals surface area contributed by atoms with Crippen LogP contribution < -0.4 is 9.64 Å². The number of thiazole rings is 1. The first-order valence-corrected chi connectivity index (χ1v) is 11.2. The Balaban J connectivity index is 1.73. The van der Waals surface area contributed by atoms with Gasteiger partial charge in [0.05, 0.1) is 28.9 Å². The highest BCUT2D eigenvalue weighted by atomic mass is 35.5. The molecule has 8 heteroatoms. The molecule has 0 unspecified atom stereocenters. The van der Waals surface area contributed by atoms with Crippen molar-refractivity contribution in [2.24, 2.45) is 0 Å². The first-order valence-electron chi connectivity index (χ1n) is 10.0. The molecule has 1 aliphatic heterocycles. The monoisotopic (exact) mass is 476 g/mol. The van der Waals surface area contributed by atoms with E-state index in [0.29, 0.717) is 32.5 Å². The summed E-state index contributed by atoms with van der Waals surface area (Å²) in [6.45, 7) is 0. The first-order chi connectivity index (χ1) is 16.0. The van der Waals surface area contributed by atoms with E-state index in [1.807, 2.05) is 6.07 Å². The number of Topliss-reactive ketones (excluding diaryl/α,β-unsaturated/α-hetero) is 1. The van der Waals surface area contributed by atoms with Crippen LogP contribution in [0.3, 0.4) is 0 Å². The molecule has 6 nitrogen and oxygen atoms in total. The second kappa shape index (κ2) is 8.35. The number of anilines is 1. The lowest BCUT2D eigenvalue weighted by molar-refractivity contribution is -0.132. The minimum atomic E-state index is -0.883. The molecule has 3 aromatic carbocycles. The van der Waals surface area contributed by atoms with E-state index in [0.717, 1.165) is 4.70 Å². The molecule has 0 spiro atoms. The van der Waals surface area contributed by atoms with E-state index in [1.165, 1.54) is 16.2 Å². The van der Waals surface area contributed by atoms with Crippen LogP contribution in [-0.4, -0.2) is 28.9 Å². The molecule has 0 radical (unpaired) electrons. The van der Waals surface area contributed by atoms with Gasteiger partial charge in [0.15, 0.2) is 5.13 Å². The highest BCUT2D eigenvalue weighted by Gasteiger charge is 2.48. The SMILES string of the molecule is COc1ccc2nc(N3C(=O)C(=O)C(=C(O)c4ccccc4)[C@@H]3c3cccc(Cl)c3)sc2c1. The van der Waals surface area contributed by atoms with Crippen LogP contribution in [0.5, 0.6) is 5.75 Å². The van der Waals surface area contributed by atoms with Crippen LogP contribution in [0.1, 0.15) is 17.2 Å². The van der Waals surface area contributed by atoms with Crippen molar-refractivity contribution in [1.82, 2.24) is 4.98 Å². The summed E-state index contributed by atoms with van der Waals surface area (Å²) in [5.41, 5.74) is 1.70. The molecule has 1 amide bonds. The van der Waals surface area contributed by atoms with Gasteiger partial charge in [-0.2, -0.15) is 0 Å². The number of fused-ring (bicyclic) bond motifs is 1. The number of rotatable bonds is 4. The molecule has 1 atom stereocenters. The number of aromatic nitrogens is 1. The Morgan fingerprint density at radius 2 is 1.85 bits per heavy atom. The van der Waals surface area contributed by atoms with Gasteiger partial charge in [0, 0.05) is 10.6 Å².